The van der Waals surface area contributed by atoms with E-state index in [-0.39, 0.29) is 22.6 Å². The van der Waals surface area contributed by atoms with Crippen molar-refractivity contribution in [3.8, 4) is 0 Å². The average Bonchev–Trinajstić information content (AvgIpc) is 2.16. The maximum Gasteiger partial charge on any atom is 0.274 e. The molecule has 0 amide bonds. The number of nitrogens with zero attached hydrogens (tertiary/aromatic N) is 1. The van der Waals surface area contributed by atoms with Crippen LogP contribution in [0.1, 0.15) is 25.3 Å². The zero-order valence-electron chi connectivity index (χ0n) is 8.61. The maximum atomic E-state index is 10.8. The summed E-state index contributed by atoms with van der Waals surface area (Å²) >= 11 is 3.22. The van der Waals surface area contributed by atoms with Crippen LogP contribution in [0.15, 0.2) is 22.7 Å². The van der Waals surface area contributed by atoms with Crippen LogP contribution in [-0.2, 0) is 0 Å². The van der Waals surface area contributed by atoms with E-state index in [4.69, 9.17) is 5.73 Å². The first-order chi connectivity index (χ1) is 6.93. The van der Waals surface area contributed by atoms with Crippen molar-refractivity contribution in [2.45, 2.75) is 25.8 Å². The summed E-state index contributed by atoms with van der Waals surface area (Å²) in [5.74, 6) is -0.0292. The van der Waals surface area contributed by atoms with Crippen LogP contribution in [0.25, 0.3) is 0 Å². The molecule has 2 atom stereocenters. The summed E-state index contributed by atoms with van der Waals surface area (Å²) in [5.41, 5.74) is 6.54. The minimum Gasteiger partial charge on any atom is -0.327 e. The summed E-state index contributed by atoms with van der Waals surface area (Å²) in [4.78, 5) is 10.5. The largest absolute Gasteiger partial charge is 0.327 e. The lowest BCUT2D eigenvalue weighted by atomic mass is 9.94. The maximum absolute atomic E-state index is 10.8. The van der Waals surface area contributed by atoms with Crippen molar-refractivity contribution in [2.75, 3.05) is 0 Å². The third-order valence-electron chi connectivity index (χ3n) is 2.47. The van der Waals surface area contributed by atoms with Gasteiger partial charge in [0.15, 0.2) is 0 Å². The molecule has 0 bridgehead atoms. The van der Waals surface area contributed by atoms with Gasteiger partial charge in [-0.1, -0.05) is 28.9 Å². The third-order valence-corrected chi connectivity index (χ3v) is 2.96. The van der Waals surface area contributed by atoms with Crippen molar-refractivity contribution in [1.29, 1.82) is 0 Å². The van der Waals surface area contributed by atoms with Crippen molar-refractivity contribution in [2.24, 2.45) is 5.73 Å². The van der Waals surface area contributed by atoms with Crippen molar-refractivity contribution < 1.29 is 4.92 Å². The highest BCUT2D eigenvalue weighted by molar-refractivity contribution is 9.10. The molecule has 0 heterocycles. The van der Waals surface area contributed by atoms with Gasteiger partial charge < -0.3 is 5.73 Å². The second kappa shape index (κ2) is 4.72. The standard InChI is InChI=1S/C10H13BrN2O2/c1-6(7(2)12)9-4-3-8(11)5-10(9)13(14)15/h3-7H,12H2,1-2H3. The smallest absolute Gasteiger partial charge is 0.274 e. The Kier molecular flexibility index (Phi) is 3.82. The average molecular weight is 273 g/mol. The minimum absolute atomic E-state index is 0.0292. The molecule has 0 fully saturated rings. The molecule has 1 aromatic carbocycles. The minimum atomic E-state index is -0.376. The number of nitrogens with two attached hydrogens (primary N) is 1. The summed E-state index contributed by atoms with van der Waals surface area (Å²) in [6, 6.07) is 4.94. The van der Waals surface area contributed by atoms with Gasteiger partial charge in [0.05, 0.1) is 4.92 Å². The van der Waals surface area contributed by atoms with Gasteiger partial charge in [-0.2, -0.15) is 0 Å². The van der Waals surface area contributed by atoms with Gasteiger partial charge >= 0.3 is 0 Å². The lowest BCUT2D eigenvalue weighted by Crippen LogP contribution is -2.23. The van der Waals surface area contributed by atoms with E-state index in [2.05, 4.69) is 15.9 Å². The fourth-order valence-corrected chi connectivity index (χ4v) is 1.69. The highest BCUT2D eigenvalue weighted by Gasteiger charge is 2.21. The van der Waals surface area contributed by atoms with Crippen LogP contribution < -0.4 is 5.73 Å². The second-order valence-electron chi connectivity index (χ2n) is 3.61. The van der Waals surface area contributed by atoms with E-state index in [1.54, 1.807) is 12.1 Å². The number of halogens is 1. The molecule has 82 valence electrons. The first-order valence-electron chi connectivity index (χ1n) is 4.63. The molecule has 2 N–H and O–H groups in total. The Bertz CT molecular complexity index is 380. The first-order valence-corrected chi connectivity index (χ1v) is 5.42. The van der Waals surface area contributed by atoms with Crippen molar-refractivity contribution >= 4 is 21.6 Å². The van der Waals surface area contributed by atoms with Crippen LogP contribution in [-0.4, -0.2) is 11.0 Å². The normalized spacial score (nSPS) is 14.7. The molecule has 1 rings (SSSR count). The summed E-state index contributed by atoms with van der Waals surface area (Å²) in [7, 11) is 0. The number of nitro groups is 1. The lowest BCUT2D eigenvalue weighted by Gasteiger charge is -2.15. The highest BCUT2D eigenvalue weighted by Crippen LogP contribution is 2.30. The molecule has 2 unspecified atom stereocenters. The SMILES string of the molecule is CC(N)C(C)c1ccc(Br)cc1[N+](=O)[O-]. The van der Waals surface area contributed by atoms with Crippen LogP contribution in [0.2, 0.25) is 0 Å². The Labute approximate surface area is 96.8 Å². The number of hydrogen-bond donors (Lipinski definition) is 1. The molecule has 0 aliphatic carbocycles. The first kappa shape index (κ1) is 12.1. The predicted molar refractivity (Wildman–Crippen MR) is 62.9 cm³/mol. The number of nitro benzene ring substituents is 1. The molecule has 0 aliphatic rings. The van der Waals surface area contributed by atoms with E-state index < -0.39 is 0 Å². The Hall–Kier alpha value is -0.940. The van der Waals surface area contributed by atoms with Crippen molar-refractivity contribution in [1.82, 2.24) is 0 Å². The molecule has 0 spiro atoms. The molecule has 1 aromatic rings. The third kappa shape index (κ3) is 2.76. The van der Waals surface area contributed by atoms with Gasteiger partial charge in [-0.05, 0) is 13.0 Å². The van der Waals surface area contributed by atoms with Crippen molar-refractivity contribution in [3.63, 3.8) is 0 Å². The Balaban J connectivity index is 3.22. The number of rotatable bonds is 3. The van der Waals surface area contributed by atoms with E-state index in [1.807, 2.05) is 13.8 Å². The van der Waals surface area contributed by atoms with Crippen LogP contribution in [0.4, 0.5) is 5.69 Å². The number of hydrogen-bond acceptors (Lipinski definition) is 3. The molecule has 0 saturated carbocycles. The quantitative estimate of drug-likeness (QED) is 0.680. The predicted octanol–water partition coefficient (Wildman–Crippen LogP) is 2.81. The van der Waals surface area contributed by atoms with Gasteiger partial charge in [-0.3, -0.25) is 10.1 Å². The fraction of sp³-hybridized carbons (Fsp3) is 0.400. The molecule has 0 aromatic heterocycles. The van der Waals surface area contributed by atoms with Crippen LogP contribution in [0, 0.1) is 10.1 Å². The zero-order valence-corrected chi connectivity index (χ0v) is 10.2. The summed E-state index contributed by atoms with van der Waals surface area (Å²) < 4.78 is 0.704. The summed E-state index contributed by atoms with van der Waals surface area (Å²) in [6.07, 6.45) is 0. The summed E-state index contributed by atoms with van der Waals surface area (Å²) in [6.45, 7) is 3.73. The van der Waals surface area contributed by atoms with Crippen LogP contribution in [0.3, 0.4) is 0 Å². The highest BCUT2D eigenvalue weighted by atomic mass is 79.9. The van der Waals surface area contributed by atoms with Gasteiger partial charge in [-0.25, -0.2) is 0 Å². The Morgan fingerprint density at radius 2 is 2.07 bits per heavy atom. The van der Waals surface area contributed by atoms with E-state index in [0.717, 1.165) is 0 Å². The van der Waals surface area contributed by atoms with E-state index >= 15 is 0 Å². The second-order valence-corrected chi connectivity index (χ2v) is 4.52. The van der Waals surface area contributed by atoms with E-state index in [0.29, 0.717) is 10.0 Å². The molecule has 4 nitrogen and oxygen atoms in total. The lowest BCUT2D eigenvalue weighted by molar-refractivity contribution is -0.385. The van der Waals surface area contributed by atoms with E-state index in [9.17, 15) is 10.1 Å². The van der Waals surface area contributed by atoms with Gasteiger partial charge in [-0.15, -0.1) is 0 Å². The molecule has 15 heavy (non-hydrogen) atoms. The van der Waals surface area contributed by atoms with Gasteiger partial charge in [0.1, 0.15) is 0 Å². The Morgan fingerprint density at radius 3 is 2.53 bits per heavy atom. The molecule has 0 aliphatic heterocycles. The number of benzene rings is 1. The van der Waals surface area contributed by atoms with Gasteiger partial charge in [0.2, 0.25) is 0 Å². The van der Waals surface area contributed by atoms with Gasteiger partial charge in [0.25, 0.3) is 5.69 Å². The molecule has 0 radical (unpaired) electrons. The molecule has 5 heteroatoms. The zero-order chi connectivity index (χ0) is 11.6. The summed E-state index contributed by atoms with van der Waals surface area (Å²) in [5, 5.41) is 10.8. The van der Waals surface area contributed by atoms with Crippen LogP contribution >= 0.6 is 15.9 Å². The molecular formula is C10H13BrN2O2. The van der Waals surface area contributed by atoms with Crippen LogP contribution in [0.5, 0.6) is 0 Å². The molecular weight excluding hydrogens is 260 g/mol. The fourth-order valence-electron chi connectivity index (χ4n) is 1.34. The monoisotopic (exact) mass is 272 g/mol. The van der Waals surface area contributed by atoms with Crippen molar-refractivity contribution in [3.05, 3.63) is 38.3 Å². The topological polar surface area (TPSA) is 69.2 Å². The molecule has 0 saturated heterocycles. The van der Waals surface area contributed by atoms with Gasteiger partial charge in [0, 0.05) is 28.1 Å². The Morgan fingerprint density at radius 1 is 1.47 bits per heavy atom. The van der Waals surface area contributed by atoms with E-state index in [1.165, 1.54) is 6.07 Å².